The Morgan fingerprint density at radius 3 is 2.08 bits per heavy atom. The predicted octanol–water partition coefficient (Wildman–Crippen LogP) is 4.67. The molecule has 0 radical (unpaired) electrons. The van der Waals surface area contributed by atoms with Crippen molar-refractivity contribution in [1.82, 2.24) is 4.57 Å². The van der Waals surface area contributed by atoms with Crippen LogP contribution in [-0.2, 0) is 0 Å². The summed E-state index contributed by atoms with van der Waals surface area (Å²) in [5, 5.41) is 11.0. The number of aromatic hydroxyl groups is 1. The van der Waals surface area contributed by atoms with Crippen molar-refractivity contribution < 1.29 is 5.11 Å². The van der Waals surface area contributed by atoms with Gasteiger partial charge in [-0.2, -0.15) is 0 Å². The lowest BCUT2D eigenvalue weighted by Crippen LogP contribution is -2.21. The molecule has 0 atom stereocenters. The van der Waals surface area contributed by atoms with Crippen molar-refractivity contribution in [3.63, 3.8) is 0 Å². The Hall–Kier alpha value is -3.33. The quantitative estimate of drug-likeness (QED) is 0.581. The third-order valence-electron chi connectivity index (χ3n) is 4.51. The molecule has 0 spiro atoms. The topological polar surface area (TPSA) is 42.2 Å². The van der Waals surface area contributed by atoms with Crippen molar-refractivity contribution in [3.05, 3.63) is 94.8 Å². The number of rotatable bonds is 2. The Labute approximate surface area is 145 Å². The minimum Gasteiger partial charge on any atom is -0.507 e. The third-order valence-corrected chi connectivity index (χ3v) is 4.51. The second-order valence-corrected chi connectivity index (χ2v) is 6.04. The van der Waals surface area contributed by atoms with Crippen molar-refractivity contribution >= 4 is 10.9 Å². The Balaban J connectivity index is 1.92. The average Bonchev–Trinajstić information content (AvgIpc) is 2.68. The first kappa shape index (κ1) is 15.2. The van der Waals surface area contributed by atoms with Crippen LogP contribution < -0.4 is 5.56 Å². The standard InChI is InChI=1S/C22H17NO2/c1-15-21(24)19-9-5-6-10-20(19)23(22(15)25)18-13-11-17(12-14-18)16-7-3-2-4-8-16/h2-14,24H,1H3. The summed E-state index contributed by atoms with van der Waals surface area (Å²) in [6, 6.07) is 25.4. The Morgan fingerprint density at radius 2 is 1.36 bits per heavy atom. The van der Waals surface area contributed by atoms with Crippen molar-refractivity contribution in [2.24, 2.45) is 0 Å². The van der Waals surface area contributed by atoms with Gasteiger partial charge in [-0.25, -0.2) is 0 Å². The van der Waals surface area contributed by atoms with E-state index >= 15 is 0 Å². The van der Waals surface area contributed by atoms with Crippen LogP contribution in [0.1, 0.15) is 5.56 Å². The lowest BCUT2D eigenvalue weighted by Gasteiger charge is -2.14. The van der Waals surface area contributed by atoms with Gasteiger partial charge >= 0.3 is 0 Å². The molecule has 122 valence electrons. The van der Waals surface area contributed by atoms with Crippen LogP contribution in [0.2, 0.25) is 0 Å². The van der Waals surface area contributed by atoms with Crippen LogP contribution in [0.15, 0.2) is 83.7 Å². The highest BCUT2D eigenvalue weighted by Crippen LogP contribution is 2.28. The van der Waals surface area contributed by atoms with Gasteiger partial charge in [-0.15, -0.1) is 0 Å². The van der Waals surface area contributed by atoms with Gasteiger partial charge in [0, 0.05) is 11.1 Å². The number of fused-ring (bicyclic) bond motifs is 1. The lowest BCUT2D eigenvalue weighted by molar-refractivity contribution is 0.475. The van der Waals surface area contributed by atoms with Gasteiger partial charge in [0.2, 0.25) is 0 Å². The van der Waals surface area contributed by atoms with E-state index in [1.807, 2.05) is 66.7 Å². The zero-order chi connectivity index (χ0) is 17.4. The minimum atomic E-state index is -0.205. The van der Waals surface area contributed by atoms with Gasteiger partial charge in [-0.3, -0.25) is 9.36 Å². The fourth-order valence-corrected chi connectivity index (χ4v) is 3.14. The van der Waals surface area contributed by atoms with Crippen LogP contribution in [-0.4, -0.2) is 9.67 Å². The van der Waals surface area contributed by atoms with Gasteiger partial charge in [0.15, 0.2) is 0 Å². The van der Waals surface area contributed by atoms with E-state index in [1.165, 1.54) is 0 Å². The lowest BCUT2D eigenvalue weighted by atomic mass is 10.1. The summed E-state index contributed by atoms with van der Waals surface area (Å²) < 4.78 is 1.65. The number of nitrogens with zero attached hydrogens (tertiary/aromatic N) is 1. The van der Waals surface area contributed by atoms with E-state index in [4.69, 9.17) is 0 Å². The monoisotopic (exact) mass is 327 g/mol. The first-order valence-electron chi connectivity index (χ1n) is 8.16. The largest absolute Gasteiger partial charge is 0.507 e. The van der Waals surface area contributed by atoms with Gasteiger partial charge < -0.3 is 5.11 Å². The summed E-state index contributed by atoms with van der Waals surface area (Å²) in [4.78, 5) is 12.8. The summed E-state index contributed by atoms with van der Waals surface area (Å²) in [6.07, 6.45) is 0. The number of pyridine rings is 1. The molecule has 0 aliphatic rings. The maximum atomic E-state index is 12.8. The zero-order valence-electron chi connectivity index (χ0n) is 13.8. The second kappa shape index (κ2) is 5.95. The number of hydrogen-bond acceptors (Lipinski definition) is 2. The SMILES string of the molecule is Cc1c(O)c2ccccc2n(-c2ccc(-c3ccccc3)cc2)c1=O. The van der Waals surface area contributed by atoms with Crippen LogP contribution >= 0.6 is 0 Å². The zero-order valence-corrected chi connectivity index (χ0v) is 13.8. The Bertz CT molecular complexity index is 1110. The van der Waals surface area contributed by atoms with Crippen LogP contribution in [0, 0.1) is 6.92 Å². The number of aromatic nitrogens is 1. The molecule has 1 N–H and O–H groups in total. The van der Waals surface area contributed by atoms with Crippen LogP contribution in [0.3, 0.4) is 0 Å². The molecule has 4 rings (SSSR count). The molecular formula is C22H17NO2. The molecule has 0 unspecified atom stereocenters. The van der Waals surface area contributed by atoms with E-state index < -0.39 is 0 Å². The first-order valence-corrected chi connectivity index (χ1v) is 8.16. The summed E-state index contributed by atoms with van der Waals surface area (Å²) >= 11 is 0. The smallest absolute Gasteiger partial charge is 0.262 e. The molecule has 0 saturated heterocycles. The van der Waals surface area contributed by atoms with E-state index in [-0.39, 0.29) is 11.3 Å². The fraction of sp³-hybridized carbons (Fsp3) is 0.0455. The van der Waals surface area contributed by atoms with E-state index in [0.717, 1.165) is 16.8 Å². The highest BCUT2D eigenvalue weighted by atomic mass is 16.3. The van der Waals surface area contributed by atoms with Gasteiger partial charge in [-0.1, -0.05) is 54.6 Å². The molecule has 0 amide bonds. The summed E-state index contributed by atoms with van der Waals surface area (Å²) in [6.45, 7) is 1.65. The van der Waals surface area contributed by atoms with Crippen molar-refractivity contribution in [1.29, 1.82) is 0 Å². The Morgan fingerprint density at radius 1 is 0.760 bits per heavy atom. The van der Waals surface area contributed by atoms with Crippen molar-refractivity contribution in [2.45, 2.75) is 6.92 Å². The van der Waals surface area contributed by atoms with E-state index in [0.29, 0.717) is 16.5 Å². The van der Waals surface area contributed by atoms with Gasteiger partial charge in [-0.05, 0) is 42.3 Å². The van der Waals surface area contributed by atoms with Crippen LogP contribution in [0.25, 0.3) is 27.7 Å². The van der Waals surface area contributed by atoms with E-state index in [1.54, 1.807) is 11.5 Å². The molecule has 3 heteroatoms. The molecule has 3 nitrogen and oxygen atoms in total. The van der Waals surface area contributed by atoms with Crippen molar-refractivity contribution in [3.8, 4) is 22.6 Å². The molecule has 25 heavy (non-hydrogen) atoms. The second-order valence-electron chi connectivity index (χ2n) is 6.04. The maximum absolute atomic E-state index is 12.8. The third kappa shape index (κ3) is 2.50. The molecule has 4 aromatic rings. The summed E-state index contributed by atoms with van der Waals surface area (Å²) in [5.41, 5.74) is 3.85. The summed E-state index contributed by atoms with van der Waals surface area (Å²) in [7, 11) is 0. The van der Waals surface area contributed by atoms with E-state index in [2.05, 4.69) is 12.1 Å². The minimum absolute atomic E-state index is 0.0535. The maximum Gasteiger partial charge on any atom is 0.262 e. The first-order chi connectivity index (χ1) is 12.2. The van der Waals surface area contributed by atoms with Crippen molar-refractivity contribution in [2.75, 3.05) is 0 Å². The van der Waals surface area contributed by atoms with Crippen LogP contribution in [0.4, 0.5) is 0 Å². The number of hydrogen-bond donors (Lipinski definition) is 1. The van der Waals surface area contributed by atoms with Gasteiger partial charge in [0.1, 0.15) is 5.75 Å². The highest BCUT2D eigenvalue weighted by Gasteiger charge is 2.13. The molecular weight excluding hydrogens is 310 g/mol. The number of benzene rings is 3. The average molecular weight is 327 g/mol. The fourth-order valence-electron chi connectivity index (χ4n) is 3.14. The summed E-state index contributed by atoms with van der Waals surface area (Å²) in [5.74, 6) is 0.0535. The molecule has 0 fully saturated rings. The molecule has 0 bridgehead atoms. The molecule has 0 saturated carbocycles. The predicted molar refractivity (Wildman–Crippen MR) is 101 cm³/mol. The van der Waals surface area contributed by atoms with Gasteiger partial charge in [0.25, 0.3) is 5.56 Å². The molecule has 0 aliphatic heterocycles. The molecule has 0 aliphatic carbocycles. The number of para-hydroxylation sites is 1. The highest BCUT2D eigenvalue weighted by molar-refractivity contribution is 5.87. The molecule has 1 heterocycles. The molecule has 3 aromatic carbocycles. The Kier molecular flexibility index (Phi) is 3.62. The normalized spacial score (nSPS) is 10.9. The van der Waals surface area contributed by atoms with E-state index in [9.17, 15) is 9.90 Å². The van der Waals surface area contributed by atoms with Crippen LogP contribution in [0.5, 0.6) is 5.75 Å². The molecule has 1 aromatic heterocycles. The van der Waals surface area contributed by atoms with Gasteiger partial charge in [0.05, 0.1) is 11.1 Å².